The molecule has 0 radical (unpaired) electrons. The van der Waals surface area contributed by atoms with Crippen LogP contribution in [0, 0.1) is 6.92 Å². The lowest BCUT2D eigenvalue weighted by molar-refractivity contribution is -0.131. The highest BCUT2D eigenvalue weighted by Gasteiger charge is 2.38. The van der Waals surface area contributed by atoms with Gasteiger partial charge in [-0.25, -0.2) is 4.68 Å². The van der Waals surface area contributed by atoms with Crippen LogP contribution in [0.4, 0.5) is 0 Å². The van der Waals surface area contributed by atoms with Gasteiger partial charge >= 0.3 is 0 Å². The van der Waals surface area contributed by atoms with E-state index in [0.29, 0.717) is 37.3 Å². The highest BCUT2D eigenvalue weighted by atomic mass is 35.5. The smallest absolute Gasteiger partial charge is 0.222 e. The van der Waals surface area contributed by atoms with E-state index in [2.05, 4.69) is 10.4 Å². The van der Waals surface area contributed by atoms with Gasteiger partial charge < -0.3 is 10.2 Å². The van der Waals surface area contributed by atoms with Gasteiger partial charge in [0.15, 0.2) is 0 Å². The molecule has 1 fully saturated rings. The van der Waals surface area contributed by atoms with E-state index < -0.39 is 5.54 Å². The number of halogens is 1. The Bertz CT molecular complexity index is 1140. The van der Waals surface area contributed by atoms with Crippen molar-refractivity contribution in [2.24, 2.45) is 0 Å². The van der Waals surface area contributed by atoms with Crippen LogP contribution in [-0.4, -0.2) is 39.1 Å². The van der Waals surface area contributed by atoms with Gasteiger partial charge in [0.25, 0.3) is 0 Å². The number of hydrogen-bond acceptors (Lipinski definition) is 3. The third kappa shape index (κ3) is 5.63. The number of aromatic nitrogens is 2. The molecule has 33 heavy (non-hydrogen) atoms. The van der Waals surface area contributed by atoms with Crippen LogP contribution in [0.2, 0.25) is 5.02 Å². The average Bonchev–Trinajstić information content (AvgIpc) is 3.41. The van der Waals surface area contributed by atoms with Crippen LogP contribution in [-0.2, 0) is 22.6 Å². The molecule has 4 rings (SSSR count). The molecule has 0 aliphatic carbocycles. The summed E-state index contributed by atoms with van der Waals surface area (Å²) >= 11 is 6.01. The molecule has 1 aliphatic heterocycles. The summed E-state index contributed by atoms with van der Waals surface area (Å²) in [5.41, 5.74) is 3.85. The second-order valence-electron chi connectivity index (χ2n) is 8.96. The van der Waals surface area contributed by atoms with Crippen LogP contribution in [0.25, 0.3) is 5.69 Å². The summed E-state index contributed by atoms with van der Waals surface area (Å²) in [6, 6.07) is 15.7. The minimum absolute atomic E-state index is 0.0494. The van der Waals surface area contributed by atoms with Gasteiger partial charge in [-0.1, -0.05) is 41.9 Å². The molecule has 172 valence electrons. The van der Waals surface area contributed by atoms with Crippen molar-refractivity contribution in [3.8, 4) is 5.69 Å². The Balaban J connectivity index is 1.37. The number of nitrogens with zero attached hydrogens (tertiary/aromatic N) is 3. The summed E-state index contributed by atoms with van der Waals surface area (Å²) in [4.78, 5) is 26.7. The fourth-order valence-corrected chi connectivity index (χ4v) is 4.59. The predicted octanol–water partition coefficient (Wildman–Crippen LogP) is 4.46. The zero-order valence-corrected chi connectivity index (χ0v) is 19.8. The summed E-state index contributed by atoms with van der Waals surface area (Å²) in [5.74, 6) is 0.101. The summed E-state index contributed by atoms with van der Waals surface area (Å²) in [5, 5.41) is 8.29. The van der Waals surface area contributed by atoms with Crippen LogP contribution < -0.4 is 5.32 Å². The van der Waals surface area contributed by atoms with Gasteiger partial charge in [-0.15, -0.1) is 0 Å². The molecule has 0 saturated carbocycles. The third-order valence-corrected chi connectivity index (χ3v) is 6.60. The monoisotopic (exact) mass is 464 g/mol. The number of rotatable bonds is 8. The quantitative estimate of drug-likeness (QED) is 0.535. The van der Waals surface area contributed by atoms with Crippen LogP contribution >= 0.6 is 11.6 Å². The standard InChI is InChI=1S/C26H29ClN4O2/c1-19-5-3-4-6-23(19)31-18-21(16-28-31)17-30(2)25(33)12-14-26(13-11-24(32)29-26)15-20-7-9-22(27)10-8-20/h3-10,16,18H,11-15,17H2,1-2H3,(H,29,32). The predicted molar refractivity (Wildman–Crippen MR) is 129 cm³/mol. The van der Waals surface area contributed by atoms with Crippen molar-refractivity contribution in [3.63, 3.8) is 0 Å². The van der Waals surface area contributed by atoms with E-state index >= 15 is 0 Å². The zero-order valence-electron chi connectivity index (χ0n) is 19.1. The summed E-state index contributed by atoms with van der Waals surface area (Å²) in [7, 11) is 1.81. The van der Waals surface area contributed by atoms with Gasteiger partial charge in [-0.3, -0.25) is 9.59 Å². The van der Waals surface area contributed by atoms with Gasteiger partial charge in [0.05, 0.1) is 11.9 Å². The lowest BCUT2D eigenvalue weighted by Crippen LogP contribution is -2.44. The molecule has 2 amide bonds. The first-order chi connectivity index (χ1) is 15.8. The summed E-state index contributed by atoms with van der Waals surface area (Å²) in [6.07, 6.45) is 6.66. The van der Waals surface area contributed by atoms with Gasteiger partial charge in [0, 0.05) is 48.8 Å². The number of carbonyl (C=O) groups excluding carboxylic acids is 2. The van der Waals surface area contributed by atoms with Crippen molar-refractivity contribution in [2.75, 3.05) is 7.05 Å². The van der Waals surface area contributed by atoms with E-state index in [1.807, 2.05) is 73.4 Å². The fourth-order valence-electron chi connectivity index (χ4n) is 4.47. The second kappa shape index (κ2) is 9.79. The van der Waals surface area contributed by atoms with Crippen molar-refractivity contribution in [3.05, 3.63) is 82.6 Å². The molecule has 7 heteroatoms. The molecular weight excluding hydrogens is 436 g/mol. The number of para-hydroxylation sites is 1. The minimum atomic E-state index is -0.392. The fraction of sp³-hybridized carbons (Fsp3) is 0.346. The first kappa shape index (κ1) is 23.1. The van der Waals surface area contributed by atoms with Crippen molar-refractivity contribution >= 4 is 23.4 Å². The average molecular weight is 465 g/mol. The van der Waals surface area contributed by atoms with Crippen molar-refractivity contribution in [1.82, 2.24) is 20.0 Å². The Morgan fingerprint density at radius 3 is 2.64 bits per heavy atom. The highest BCUT2D eigenvalue weighted by molar-refractivity contribution is 6.30. The summed E-state index contributed by atoms with van der Waals surface area (Å²) in [6.45, 7) is 2.54. The Kier molecular flexibility index (Phi) is 6.84. The number of hydrogen-bond donors (Lipinski definition) is 1. The van der Waals surface area contributed by atoms with E-state index in [1.54, 1.807) is 11.1 Å². The van der Waals surface area contributed by atoms with E-state index in [0.717, 1.165) is 28.8 Å². The zero-order chi connectivity index (χ0) is 23.4. The van der Waals surface area contributed by atoms with Gasteiger partial charge in [-0.05, 0) is 55.5 Å². The maximum Gasteiger partial charge on any atom is 0.222 e. The second-order valence-corrected chi connectivity index (χ2v) is 9.40. The lowest BCUT2D eigenvalue weighted by atomic mass is 9.85. The maximum absolute atomic E-state index is 12.9. The Hall–Kier alpha value is -3.12. The van der Waals surface area contributed by atoms with E-state index in [-0.39, 0.29) is 11.8 Å². The van der Waals surface area contributed by atoms with Crippen LogP contribution in [0.3, 0.4) is 0 Å². The molecule has 0 bridgehead atoms. The topological polar surface area (TPSA) is 67.2 Å². The first-order valence-electron chi connectivity index (χ1n) is 11.2. The Morgan fingerprint density at radius 1 is 1.18 bits per heavy atom. The molecule has 1 aromatic heterocycles. The minimum Gasteiger partial charge on any atom is -0.350 e. The van der Waals surface area contributed by atoms with Crippen LogP contribution in [0.15, 0.2) is 60.9 Å². The van der Waals surface area contributed by atoms with Crippen molar-refractivity contribution in [2.45, 2.75) is 51.1 Å². The molecule has 6 nitrogen and oxygen atoms in total. The molecule has 1 saturated heterocycles. The van der Waals surface area contributed by atoms with E-state index in [4.69, 9.17) is 11.6 Å². The third-order valence-electron chi connectivity index (χ3n) is 6.35. The molecule has 1 aliphatic rings. The Morgan fingerprint density at radius 2 is 1.94 bits per heavy atom. The van der Waals surface area contributed by atoms with Crippen molar-refractivity contribution in [1.29, 1.82) is 0 Å². The number of amides is 2. The van der Waals surface area contributed by atoms with Gasteiger partial charge in [0.2, 0.25) is 11.8 Å². The van der Waals surface area contributed by atoms with Crippen LogP contribution in [0.1, 0.15) is 42.4 Å². The molecular formula is C26H29ClN4O2. The molecule has 1 N–H and O–H groups in total. The normalized spacial score (nSPS) is 17.7. The molecule has 2 aromatic carbocycles. The summed E-state index contributed by atoms with van der Waals surface area (Å²) < 4.78 is 1.85. The van der Waals surface area contributed by atoms with Crippen molar-refractivity contribution < 1.29 is 9.59 Å². The molecule has 1 atom stereocenters. The van der Waals surface area contributed by atoms with Crippen LogP contribution in [0.5, 0.6) is 0 Å². The molecule has 3 aromatic rings. The van der Waals surface area contributed by atoms with E-state index in [1.165, 1.54) is 0 Å². The number of carbonyl (C=O) groups is 2. The number of benzene rings is 2. The molecule has 1 unspecified atom stereocenters. The maximum atomic E-state index is 12.9. The number of aryl methyl sites for hydroxylation is 1. The van der Waals surface area contributed by atoms with Gasteiger partial charge in [0.1, 0.15) is 0 Å². The lowest BCUT2D eigenvalue weighted by Gasteiger charge is -2.30. The molecule has 0 spiro atoms. The highest BCUT2D eigenvalue weighted by Crippen LogP contribution is 2.30. The van der Waals surface area contributed by atoms with Gasteiger partial charge in [-0.2, -0.15) is 5.10 Å². The first-order valence-corrected chi connectivity index (χ1v) is 11.6. The van der Waals surface area contributed by atoms with E-state index in [9.17, 15) is 9.59 Å². The largest absolute Gasteiger partial charge is 0.350 e. The number of nitrogens with one attached hydrogen (secondary N) is 1. The SMILES string of the molecule is Cc1ccccc1-n1cc(CN(C)C(=O)CCC2(Cc3ccc(Cl)cc3)CCC(=O)N2)cn1. The Labute approximate surface area is 199 Å². The molecule has 2 heterocycles.